The van der Waals surface area contributed by atoms with E-state index >= 15 is 0 Å². The zero-order chi connectivity index (χ0) is 18.2. The van der Waals surface area contributed by atoms with E-state index in [0.29, 0.717) is 5.92 Å². The minimum atomic E-state index is -0.584. The molecule has 0 aromatic rings. The molecular formula is C17H30N2O5. The molecule has 0 saturated heterocycles. The molecule has 0 heterocycles. The fourth-order valence-corrected chi connectivity index (χ4v) is 2.58. The Balaban J connectivity index is 2.14. The zero-order valence-corrected chi connectivity index (χ0v) is 15.1. The highest BCUT2D eigenvalue weighted by Crippen LogP contribution is 2.23. The van der Waals surface area contributed by atoms with E-state index in [9.17, 15) is 14.4 Å². The molecule has 0 radical (unpaired) electrons. The summed E-state index contributed by atoms with van der Waals surface area (Å²) in [5, 5.41) is 5.38. The number of nitrogens with one attached hydrogen (secondary N) is 2. The summed E-state index contributed by atoms with van der Waals surface area (Å²) >= 11 is 0. The summed E-state index contributed by atoms with van der Waals surface area (Å²) in [4.78, 5) is 34.8. The Morgan fingerprint density at radius 1 is 1.12 bits per heavy atom. The van der Waals surface area contributed by atoms with Crippen molar-refractivity contribution in [2.45, 2.75) is 71.4 Å². The number of alkyl carbamates (subject to hydrolysis) is 1. The van der Waals surface area contributed by atoms with Gasteiger partial charge in [0.1, 0.15) is 5.60 Å². The molecule has 0 bridgehead atoms. The Morgan fingerprint density at radius 3 is 2.42 bits per heavy atom. The third-order valence-corrected chi connectivity index (χ3v) is 3.82. The van der Waals surface area contributed by atoms with Gasteiger partial charge in [0, 0.05) is 12.6 Å². The van der Waals surface area contributed by atoms with Crippen molar-refractivity contribution in [3.05, 3.63) is 0 Å². The Hall–Kier alpha value is -1.79. The van der Waals surface area contributed by atoms with Gasteiger partial charge in [0.05, 0.1) is 6.42 Å². The fourth-order valence-electron chi connectivity index (χ4n) is 2.58. The maximum Gasteiger partial charge on any atom is 0.407 e. The van der Waals surface area contributed by atoms with Crippen LogP contribution in [0.5, 0.6) is 0 Å². The van der Waals surface area contributed by atoms with E-state index in [1.165, 1.54) is 6.42 Å². The highest BCUT2D eigenvalue weighted by molar-refractivity contribution is 5.81. The maximum atomic E-state index is 11.8. The molecule has 7 heteroatoms. The van der Waals surface area contributed by atoms with Gasteiger partial charge in [-0.25, -0.2) is 4.79 Å². The molecule has 2 amide bonds. The molecule has 1 fully saturated rings. The van der Waals surface area contributed by atoms with Gasteiger partial charge in [-0.15, -0.1) is 0 Å². The predicted molar refractivity (Wildman–Crippen MR) is 89.4 cm³/mol. The van der Waals surface area contributed by atoms with Crippen LogP contribution in [-0.2, 0) is 19.1 Å². The highest BCUT2D eigenvalue weighted by Gasteiger charge is 2.23. The lowest BCUT2D eigenvalue weighted by Gasteiger charge is -2.29. The quantitative estimate of drug-likeness (QED) is 0.721. The molecule has 7 nitrogen and oxygen atoms in total. The molecule has 2 atom stereocenters. The first-order valence-corrected chi connectivity index (χ1v) is 8.59. The molecule has 1 rings (SSSR count). The molecule has 0 aromatic heterocycles. The maximum absolute atomic E-state index is 11.8. The molecule has 1 aliphatic carbocycles. The first-order valence-electron chi connectivity index (χ1n) is 8.59. The van der Waals surface area contributed by atoms with Crippen molar-refractivity contribution in [3.8, 4) is 0 Å². The van der Waals surface area contributed by atoms with E-state index in [4.69, 9.17) is 9.47 Å². The van der Waals surface area contributed by atoms with Crippen LogP contribution < -0.4 is 10.6 Å². The van der Waals surface area contributed by atoms with E-state index in [1.54, 1.807) is 20.8 Å². The molecule has 2 N–H and O–H groups in total. The Labute approximate surface area is 143 Å². The van der Waals surface area contributed by atoms with Crippen molar-refractivity contribution in [2.75, 3.05) is 13.2 Å². The van der Waals surface area contributed by atoms with Crippen LogP contribution in [0.15, 0.2) is 0 Å². The van der Waals surface area contributed by atoms with Crippen molar-refractivity contribution in [1.82, 2.24) is 10.6 Å². The second-order valence-corrected chi connectivity index (χ2v) is 7.28. The van der Waals surface area contributed by atoms with Gasteiger partial charge in [-0.1, -0.05) is 19.8 Å². The van der Waals surface area contributed by atoms with E-state index in [1.807, 2.05) is 0 Å². The number of ether oxygens (including phenoxy) is 2. The van der Waals surface area contributed by atoms with Crippen molar-refractivity contribution >= 4 is 18.0 Å². The highest BCUT2D eigenvalue weighted by atomic mass is 16.6. The van der Waals surface area contributed by atoms with Crippen LogP contribution in [0.1, 0.15) is 59.8 Å². The lowest BCUT2D eigenvalue weighted by molar-refractivity contribution is -0.148. The van der Waals surface area contributed by atoms with Crippen molar-refractivity contribution < 1.29 is 23.9 Å². The van der Waals surface area contributed by atoms with Crippen LogP contribution in [0, 0.1) is 5.92 Å². The topological polar surface area (TPSA) is 93.7 Å². The first-order chi connectivity index (χ1) is 11.2. The van der Waals surface area contributed by atoms with Crippen LogP contribution in [-0.4, -0.2) is 42.8 Å². The van der Waals surface area contributed by atoms with Gasteiger partial charge in [0.25, 0.3) is 5.91 Å². The molecule has 0 spiro atoms. The second kappa shape index (κ2) is 9.49. The minimum Gasteiger partial charge on any atom is -0.456 e. The summed E-state index contributed by atoms with van der Waals surface area (Å²) in [5.41, 5.74) is -0.584. The first kappa shape index (κ1) is 20.3. The normalized spacial score (nSPS) is 20.8. The molecule has 0 aromatic carbocycles. The SMILES string of the molecule is C[C@@H]1CCCC[C@H]1NC(=O)COC(=O)CCNC(=O)OC(C)(C)C. The summed E-state index contributed by atoms with van der Waals surface area (Å²) in [6.45, 7) is 7.22. The Morgan fingerprint density at radius 2 is 1.79 bits per heavy atom. The number of carbonyl (C=O) groups is 3. The number of amides is 2. The number of rotatable bonds is 6. The van der Waals surface area contributed by atoms with Crippen molar-refractivity contribution in [3.63, 3.8) is 0 Å². The molecule has 138 valence electrons. The summed E-state index contributed by atoms with van der Waals surface area (Å²) in [5.74, 6) is -0.350. The number of hydrogen-bond donors (Lipinski definition) is 2. The van der Waals surface area contributed by atoms with E-state index in [0.717, 1.165) is 19.3 Å². The Bertz CT molecular complexity index is 445. The third-order valence-electron chi connectivity index (χ3n) is 3.82. The van der Waals surface area contributed by atoms with E-state index in [-0.39, 0.29) is 31.5 Å². The average molecular weight is 342 g/mol. The summed E-state index contributed by atoms with van der Waals surface area (Å²) in [6, 6.07) is 0.166. The number of esters is 1. The van der Waals surface area contributed by atoms with Crippen LogP contribution in [0.25, 0.3) is 0 Å². The number of hydrogen-bond acceptors (Lipinski definition) is 5. The van der Waals surface area contributed by atoms with E-state index < -0.39 is 17.7 Å². The van der Waals surface area contributed by atoms with Gasteiger partial charge in [-0.3, -0.25) is 9.59 Å². The van der Waals surface area contributed by atoms with Gasteiger partial charge < -0.3 is 20.1 Å². The van der Waals surface area contributed by atoms with Crippen molar-refractivity contribution in [2.24, 2.45) is 5.92 Å². The predicted octanol–water partition coefficient (Wildman–Crippen LogP) is 2.14. The standard InChI is InChI=1S/C17H30N2O5/c1-12-7-5-6-8-13(12)19-14(20)11-23-15(21)9-10-18-16(22)24-17(2,3)4/h12-13H,5-11H2,1-4H3,(H,18,22)(H,19,20)/t12-,13-/m1/s1. The lowest BCUT2D eigenvalue weighted by atomic mass is 9.86. The van der Waals surface area contributed by atoms with Gasteiger partial charge in [0.2, 0.25) is 0 Å². The van der Waals surface area contributed by atoms with Crippen LogP contribution >= 0.6 is 0 Å². The van der Waals surface area contributed by atoms with Gasteiger partial charge in [-0.2, -0.15) is 0 Å². The molecule has 1 aliphatic rings. The van der Waals surface area contributed by atoms with Gasteiger partial charge in [-0.05, 0) is 39.5 Å². The monoisotopic (exact) mass is 342 g/mol. The summed E-state index contributed by atoms with van der Waals surface area (Å²) in [7, 11) is 0. The van der Waals surface area contributed by atoms with Crippen molar-refractivity contribution in [1.29, 1.82) is 0 Å². The Kier molecular flexibility index (Phi) is 8.01. The molecule has 0 unspecified atom stereocenters. The molecule has 0 aliphatic heterocycles. The zero-order valence-electron chi connectivity index (χ0n) is 15.1. The van der Waals surface area contributed by atoms with Gasteiger partial charge in [0.15, 0.2) is 6.61 Å². The van der Waals surface area contributed by atoms with Crippen LogP contribution in [0.3, 0.4) is 0 Å². The van der Waals surface area contributed by atoms with Crippen LogP contribution in [0.4, 0.5) is 4.79 Å². The fraction of sp³-hybridized carbons (Fsp3) is 0.824. The third kappa shape index (κ3) is 8.74. The summed E-state index contributed by atoms with van der Waals surface area (Å²) in [6.07, 6.45) is 3.81. The molecule has 24 heavy (non-hydrogen) atoms. The largest absolute Gasteiger partial charge is 0.456 e. The molecule has 1 saturated carbocycles. The second-order valence-electron chi connectivity index (χ2n) is 7.28. The average Bonchev–Trinajstić information content (AvgIpc) is 2.45. The minimum absolute atomic E-state index is 0.00759. The number of carbonyl (C=O) groups excluding carboxylic acids is 3. The van der Waals surface area contributed by atoms with Crippen LogP contribution in [0.2, 0.25) is 0 Å². The molecular weight excluding hydrogens is 312 g/mol. The smallest absolute Gasteiger partial charge is 0.407 e. The lowest BCUT2D eigenvalue weighted by Crippen LogP contribution is -2.43. The van der Waals surface area contributed by atoms with E-state index in [2.05, 4.69) is 17.6 Å². The van der Waals surface area contributed by atoms with Gasteiger partial charge >= 0.3 is 12.1 Å². The summed E-state index contributed by atoms with van der Waals surface area (Å²) < 4.78 is 9.97.